The van der Waals surface area contributed by atoms with Crippen molar-refractivity contribution in [2.45, 2.75) is 32.4 Å². The fraction of sp³-hybridized carbons (Fsp3) is 0.857. The highest BCUT2D eigenvalue weighted by atomic mass is 19.4. The van der Waals surface area contributed by atoms with Crippen molar-refractivity contribution in [1.29, 1.82) is 0 Å². The molecule has 0 N–H and O–H groups in total. The predicted molar refractivity (Wildman–Crippen MR) is 32.3 cm³/mol. The van der Waals surface area contributed by atoms with Gasteiger partial charge in [-0.1, -0.05) is 13.3 Å². The highest BCUT2D eigenvalue weighted by Crippen LogP contribution is 2.43. The Morgan fingerprint density at radius 1 is 1.40 bits per heavy atom. The molecule has 0 bridgehead atoms. The molecule has 1 saturated carbocycles. The van der Waals surface area contributed by atoms with Gasteiger partial charge in [0.05, 0.1) is 5.92 Å². The van der Waals surface area contributed by atoms with Gasteiger partial charge in [-0.15, -0.1) is 0 Å². The van der Waals surface area contributed by atoms with E-state index in [9.17, 15) is 13.2 Å². The lowest BCUT2D eigenvalue weighted by atomic mass is 9.98. The maximum Gasteiger partial charge on any atom is 0.392 e. The summed E-state index contributed by atoms with van der Waals surface area (Å²) in [7, 11) is 0. The molecule has 0 nitrogen and oxygen atoms in total. The summed E-state index contributed by atoms with van der Waals surface area (Å²) in [5, 5.41) is 0. The minimum absolute atomic E-state index is 0.301. The fourth-order valence-electron chi connectivity index (χ4n) is 1.45. The first kappa shape index (κ1) is 7.89. The topological polar surface area (TPSA) is 0 Å². The molecule has 1 fully saturated rings. The molecule has 1 aliphatic rings. The first-order valence-corrected chi connectivity index (χ1v) is 3.41. The summed E-state index contributed by atoms with van der Waals surface area (Å²) in [6.45, 7) is 1.60. The monoisotopic (exact) mass is 151 g/mol. The van der Waals surface area contributed by atoms with Crippen LogP contribution in [0.15, 0.2) is 0 Å². The summed E-state index contributed by atoms with van der Waals surface area (Å²) < 4.78 is 36.0. The van der Waals surface area contributed by atoms with Crippen LogP contribution in [0.4, 0.5) is 13.2 Å². The van der Waals surface area contributed by atoms with E-state index in [-0.39, 0.29) is 0 Å². The van der Waals surface area contributed by atoms with Crippen LogP contribution in [0.5, 0.6) is 0 Å². The van der Waals surface area contributed by atoms with Gasteiger partial charge in [-0.25, -0.2) is 0 Å². The average Bonchev–Trinajstić information content (AvgIpc) is 2.11. The Labute approximate surface area is 58.4 Å². The van der Waals surface area contributed by atoms with Crippen molar-refractivity contribution < 1.29 is 13.2 Å². The maximum absolute atomic E-state index is 12.0. The van der Waals surface area contributed by atoms with Crippen molar-refractivity contribution in [3.05, 3.63) is 5.92 Å². The van der Waals surface area contributed by atoms with Crippen LogP contribution in [0, 0.1) is 11.8 Å². The van der Waals surface area contributed by atoms with Crippen molar-refractivity contribution in [3.8, 4) is 0 Å². The first-order chi connectivity index (χ1) is 4.52. The number of hydrogen-bond donors (Lipinski definition) is 0. The molecular weight excluding hydrogens is 141 g/mol. The van der Waals surface area contributed by atoms with Crippen LogP contribution in [0.3, 0.4) is 0 Å². The Bertz CT molecular complexity index is 117. The second-order valence-electron chi connectivity index (χ2n) is 2.83. The summed E-state index contributed by atoms with van der Waals surface area (Å²) in [5.74, 6) is -0.500. The molecule has 0 aromatic heterocycles. The summed E-state index contributed by atoms with van der Waals surface area (Å²) in [5.41, 5.74) is 0. The van der Waals surface area contributed by atoms with Gasteiger partial charge in [-0.2, -0.15) is 13.2 Å². The van der Waals surface area contributed by atoms with E-state index >= 15 is 0 Å². The van der Waals surface area contributed by atoms with Crippen LogP contribution in [0.2, 0.25) is 0 Å². The SMILES string of the molecule is C[C]1CCCC1C(F)(F)F. The van der Waals surface area contributed by atoms with Gasteiger partial charge in [0.2, 0.25) is 0 Å². The number of hydrogen-bond acceptors (Lipinski definition) is 0. The lowest BCUT2D eigenvalue weighted by Gasteiger charge is -2.17. The summed E-state index contributed by atoms with van der Waals surface area (Å²) in [6.07, 6.45) is -2.32. The molecule has 1 aliphatic carbocycles. The zero-order valence-electron chi connectivity index (χ0n) is 5.83. The summed E-state index contributed by atoms with van der Waals surface area (Å²) in [4.78, 5) is 0. The van der Waals surface area contributed by atoms with Crippen molar-refractivity contribution in [2.75, 3.05) is 0 Å². The Hall–Kier alpha value is -0.210. The number of alkyl halides is 3. The quantitative estimate of drug-likeness (QED) is 0.499. The molecule has 3 heteroatoms. The first-order valence-electron chi connectivity index (χ1n) is 3.41. The molecule has 1 radical (unpaired) electrons. The molecule has 0 saturated heterocycles. The van der Waals surface area contributed by atoms with E-state index in [1.807, 2.05) is 0 Å². The predicted octanol–water partition coefficient (Wildman–Crippen LogP) is 2.94. The van der Waals surface area contributed by atoms with Crippen LogP contribution in [0.1, 0.15) is 26.2 Å². The summed E-state index contributed by atoms with van der Waals surface area (Å²) >= 11 is 0. The molecule has 1 rings (SSSR count). The highest BCUT2D eigenvalue weighted by Gasteiger charge is 2.45. The fourth-order valence-corrected chi connectivity index (χ4v) is 1.45. The lowest BCUT2D eigenvalue weighted by molar-refractivity contribution is -0.167. The van der Waals surface area contributed by atoms with Gasteiger partial charge in [-0.3, -0.25) is 0 Å². The van der Waals surface area contributed by atoms with Crippen LogP contribution in [0.25, 0.3) is 0 Å². The van der Waals surface area contributed by atoms with E-state index < -0.39 is 12.1 Å². The van der Waals surface area contributed by atoms with Gasteiger partial charge in [0.15, 0.2) is 0 Å². The molecular formula is C7H10F3. The van der Waals surface area contributed by atoms with E-state index in [0.29, 0.717) is 25.2 Å². The Kier molecular flexibility index (Phi) is 1.92. The third-order valence-corrected chi connectivity index (χ3v) is 2.05. The molecule has 0 heterocycles. The molecule has 0 spiro atoms. The van der Waals surface area contributed by atoms with Gasteiger partial charge in [0, 0.05) is 0 Å². The Morgan fingerprint density at radius 2 is 2.00 bits per heavy atom. The van der Waals surface area contributed by atoms with Gasteiger partial charge < -0.3 is 0 Å². The van der Waals surface area contributed by atoms with Gasteiger partial charge in [-0.05, 0) is 18.8 Å². The largest absolute Gasteiger partial charge is 0.392 e. The van der Waals surface area contributed by atoms with Crippen molar-refractivity contribution in [3.63, 3.8) is 0 Å². The standard InChI is InChI=1S/C7H10F3/c1-5-3-2-4-6(5)7(8,9)10/h6H,2-4H2,1H3. The normalized spacial score (nSPS) is 29.4. The van der Waals surface area contributed by atoms with E-state index in [4.69, 9.17) is 0 Å². The van der Waals surface area contributed by atoms with E-state index in [1.165, 1.54) is 0 Å². The molecule has 59 valence electrons. The van der Waals surface area contributed by atoms with E-state index in [0.717, 1.165) is 0 Å². The Balaban J connectivity index is 2.55. The Morgan fingerprint density at radius 3 is 2.20 bits per heavy atom. The van der Waals surface area contributed by atoms with Crippen molar-refractivity contribution in [1.82, 2.24) is 0 Å². The van der Waals surface area contributed by atoms with Crippen LogP contribution < -0.4 is 0 Å². The zero-order chi connectivity index (χ0) is 7.78. The molecule has 1 atom stereocenters. The minimum Gasteiger partial charge on any atom is -0.171 e. The van der Waals surface area contributed by atoms with E-state index in [2.05, 4.69) is 0 Å². The third kappa shape index (κ3) is 1.44. The second kappa shape index (κ2) is 2.44. The van der Waals surface area contributed by atoms with Crippen molar-refractivity contribution in [2.24, 2.45) is 5.92 Å². The van der Waals surface area contributed by atoms with Crippen LogP contribution >= 0.6 is 0 Å². The lowest BCUT2D eigenvalue weighted by Crippen LogP contribution is -2.23. The highest BCUT2D eigenvalue weighted by molar-refractivity contribution is 5.00. The number of rotatable bonds is 0. The molecule has 1 unspecified atom stereocenters. The van der Waals surface area contributed by atoms with Crippen LogP contribution in [-0.4, -0.2) is 6.18 Å². The average molecular weight is 151 g/mol. The van der Waals surface area contributed by atoms with E-state index in [1.54, 1.807) is 6.92 Å². The molecule has 0 aromatic carbocycles. The molecule has 10 heavy (non-hydrogen) atoms. The molecule has 0 aliphatic heterocycles. The maximum atomic E-state index is 12.0. The third-order valence-electron chi connectivity index (χ3n) is 2.05. The zero-order valence-corrected chi connectivity index (χ0v) is 5.83. The van der Waals surface area contributed by atoms with Gasteiger partial charge in [0.25, 0.3) is 0 Å². The molecule has 0 aromatic rings. The second-order valence-corrected chi connectivity index (χ2v) is 2.83. The van der Waals surface area contributed by atoms with Gasteiger partial charge in [0.1, 0.15) is 0 Å². The molecule has 0 amide bonds. The number of halogens is 3. The van der Waals surface area contributed by atoms with Gasteiger partial charge >= 0.3 is 6.18 Å². The smallest absolute Gasteiger partial charge is 0.171 e. The van der Waals surface area contributed by atoms with Crippen LogP contribution in [-0.2, 0) is 0 Å². The summed E-state index contributed by atoms with van der Waals surface area (Å²) in [6, 6.07) is 0. The van der Waals surface area contributed by atoms with Crippen molar-refractivity contribution >= 4 is 0 Å². The minimum atomic E-state index is -3.99.